The van der Waals surface area contributed by atoms with Crippen LogP contribution < -0.4 is 0 Å². The van der Waals surface area contributed by atoms with E-state index in [9.17, 15) is 25.5 Å². The Labute approximate surface area is 120 Å². The van der Waals surface area contributed by atoms with Crippen molar-refractivity contribution in [2.24, 2.45) is 0 Å². The van der Waals surface area contributed by atoms with E-state index in [2.05, 4.69) is 0 Å². The molecule has 1 saturated heterocycles. The fourth-order valence-electron chi connectivity index (χ4n) is 2.28. The number of ether oxygens (including phenoxy) is 3. The summed E-state index contributed by atoms with van der Waals surface area (Å²) >= 11 is 0. The highest BCUT2D eigenvalue weighted by atomic mass is 16.7. The van der Waals surface area contributed by atoms with Gasteiger partial charge in [-0.05, 0) is 6.08 Å². The highest BCUT2D eigenvalue weighted by Gasteiger charge is 2.46. The molecule has 2 rings (SSSR count). The molecule has 122 valence electrons. The first kappa shape index (κ1) is 16.6. The van der Waals surface area contributed by atoms with Crippen LogP contribution in [0.1, 0.15) is 0 Å². The minimum absolute atomic E-state index is 0.441. The number of aliphatic hydroxyl groups is 6. The van der Waals surface area contributed by atoms with Gasteiger partial charge in [0.1, 0.15) is 42.7 Å². The van der Waals surface area contributed by atoms with E-state index in [1.165, 1.54) is 12.3 Å². The van der Waals surface area contributed by atoms with Gasteiger partial charge in [0, 0.05) is 0 Å². The third-order valence-electron chi connectivity index (χ3n) is 3.55. The fourth-order valence-corrected chi connectivity index (χ4v) is 2.28. The van der Waals surface area contributed by atoms with Gasteiger partial charge < -0.3 is 44.8 Å². The van der Waals surface area contributed by atoms with Crippen LogP contribution in [0.2, 0.25) is 0 Å². The van der Waals surface area contributed by atoms with Crippen molar-refractivity contribution in [3.8, 4) is 0 Å². The topological polar surface area (TPSA) is 149 Å². The zero-order valence-electron chi connectivity index (χ0n) is 11.1. The van der Waals surface area contributed by atoms with Crippen LogP contribution in [0, 0.1) is 0 Å². The van der Waals surface area contributed by atoms with Gasteiger partial charge >= 0.3 is 0 Å². The van der Waals surface area contributed by atoms with E-state index >= 15 is 0 Å². The summed E-state index contributed by atoms with van der Waals surface area (Å²) in [4.78, 5) is 0. The summed E-state index contributed by atoms with van der Waals surface area (Å²) in [5, 5.41) is 57.3. The number of hydrogen-bond acceptors (Lipinski definition) is 9. The molecule has 2 aliphatic heterocycles. The zero-order chi connectivity index (χ0) is 15.6. The maximum atomic E-state index is 9.85. The van der Waals surface area contributed by atoms with Gasteiger partial charge in [-0.1, -0.05) is 0 Å². The normalized spacial score (nSPS) is 47.1. The second kappa shape index (κ2) is 6.99. The van der Waals surface area contributed by atoms with Gasteiger partial charge in [-0.25, -0.2) is 0 Å². The molecule has 8 atom stereocenters. The van der Waals surface area contributed by atoms with Crippen molar-refractivity contribution >= 4 is 0 Å². The molecule has 9 nitrogen and oxygen atoms in total. The van der Waals surface area contributed by atoms with Gasteiger partial charge in [-0.2, -0.15) is 0 Å². The summed E-state index contributed by atoms with van der Waals surface area (Å²) in [5.41, 5.74) is 0. The molecule has 2 aliphatic rings. The molecule has 0 aromatic carbocycles. The number of aliphatic hydroxyl groups excluding tert-OH is 6. The molecule has 0 aromatic heterocycles. The molecule has 0 spiro atoms. The minimum Gasteiger partial charge on any atom is -0.493 e. The van der Waals surface area contributed by atoms with E-state index in [1.807, 2.05) is 0 Å². The zero-order valence-corrected chi connectivity index (χ0v) is 11.1. The average molecular weight is 308 g/mol. The van der Waals surface area contributed by atoms with Gasteiger partial charge in [0.05, 0.1) is 19.5 Å². The van der Waals surface area contributed by atoms with Gasteiger partial charge in [0.15, 0.2) is 6.29 Å². The van der Waals surface area contributed by atoms with E-state index in [4.69, 9.17) is 19.3 Å². The molecule has 0 bridgehead atoms. The molecule has 6 N–H and O–H groups in total. The molecule has 0 radical (unpaired) electrons. The first-order valence-electron chi connectivity index (χ1n) is 6.56. The molecule has 21 heavy (non-hydrogen) atoms. The van der Waals surface area contributed by atoms with Crippen molar-refractivity contribution in [1.29, 1.82) is 0 Å². The van der Waals surface area contributed by atoms with Gasteiger partial charge in [0.2, 0.25) is 0 Å². The van der Waals surface area contributed by atoms with Crippen molar-refractivity contribution in [2.75, 3.05) is 13.2 Å². The second-order valence-electron chi connectivity index (χ2n) is 4.97. The smallest absolute Gasteiger partial charge is 0.187 e. The van der Waals surface area contributed by atoms with E-state index in [0.717, 1.165) is 0 Å². The first-order chi connectivity index (χ1) is 9.99. The molecule has 0 saturated carbocycles. The lowest BCUT2D eigenvalue weighted by molar-refractivity contribution is -0.324. The van der Waals surface area contributed by atoms with Crippen LogP contribution in [-0.2, 0) is 14.2 Å². The molecule has 0 aliphatic carbocycles. The molecule has 0 amide bonds. The molecular formula is C12H20O9. The third-order valence-corrected chi connectivity index (χ3v) is 3.55. The maximum Gasteiger partial charge on any atom is 0.187 e. The lowest BCUT2D eigenvalue weighted by atomic mass is 9.99. The summed E-state index contributed by atoms with van der Waals surface area (Å²) in [6.07, 6.45) is -7.68. The summed E-state index contributed by atoms with van der Waals surface area (Å²) in [5.74, 6) is 0. The summed E-state index contributed by atoms with van der Waals surface area (Å²) in [6, 6.07) is 0. The Morgan fingerprint density at radius 2 is 1.57 bits per heavy atom. The molecular weight excluding hydrogens is 288 g/mol. The Bertz CT molecular complexity index is 361. The predicted molar refractivity (Wildman–Crippen MR) is 65.7 cm³/mol. The van der Waals surface area contributed by atoms with Crippen molar-refractivity contribution in [3.63, 3.8) is 0 Å². The van der Waals surface area contributed by atoms with Crippen LogP contribution in [0.15, 0.2) is 12.3 Å². The molecule has 1 fully saturated rings. The molecule has 0 aromatic rings. The van der Waals surface area contributed by atoms with Crippen LogP contribution in [-0.4, -0.2) is 92.9 Å². The van der Waals surface area contributed by atoms with Crippen molar-refractivity contribution < 1.29 is 44.8 Å². The Hall–Kier alpha value is -0.780. The Morgan fingerprint density at radius 3 is 2.19 bits per heavy atom. The van der Waals surface area contributed by atoms with Crippen molar-refractivity contribution in [3.05, 3.63) is 12.3 Å². The predicted octanol–water partition coefficient (Wildman–Crippen LogP) is -3.56. The lowest BCUT2D eigenvalue weighted by Gasteiger charge is -2.42. The Morgan fingerprint density at radius 1 is 0.905 bits per heavy atom. The van der Waals surface area contributed by atoms with Gasteiger partial charge in [0.25, 0.3) is 0 Å². The highest BCUT2D eigenvalue weighted by molar-refractivity contribution is 4.99. The quantitative estimate of drug-likeness (QED) is 0.310. The summed E-state index contributed by atoms with van der Waals surface area (Å²) in [7, 11) is 0. The Kier molecular flexibility index (Phi) is 5.52. The molecule has 9 heteroatoms. The van der Waals surface area contributed by atoms with Gasteiger partial charge in [-0.3, -0.25) is 0 Å². The van der Waals surface area contributed by atoms with Gasteiger partial charge in [-0.15, -0.1) is 0 Å². The molecule has 4 unspecified atom stereocenters. The standard InChI is InChI=1S/C12H20O9/c13-3-6-8(16)9(17)10(18)12(20-6)21-11-5(15)1-2-19-7(11)4-14/h1-2,5-18H,3-4H2/t5?,6?,7?,8-,9?,10+,11-,12-/m1/s1. The van der Waals surface area contributed by atoms with E-state index in [0.29, 0.717) is 0 Å². The summed E-state index contributed by atoms with van der Waals surface area (Å²) in [6.45, 7) is -1.03. The SMILES string of the molecule is OCC1O[C@H](O[C@@H]2C(O)C=COC2CO)[C@@H](O)C(O)[C@@H]1O. The van der Waals surface area contributed by atoms with E-state index in [1.54, 1.807) is 0 Å². The van der Waals surface area contributed by atoms with Crippen LogP contribution in [0.4, 0.5) is 0 Å². The second-order valence-corrected chi connectivity index (χ2v) is 4.97. The van der Waals surface area contributed by atoms with Crippen molar-refractivity contribution in [2.45, 2.75) is 49.0 Å². The average Bonchev–Trinajstić information content (AvgIpc) is 2.49. The number of hydrogen-bond donors (Lipinski definition) is 6. The fraction of sp³-hybridized carbons (Fsp3) is 0.833. The summed E-state index contributed by atoms with van der Waals surface area (Å²) < 4.78 is 15.6. The monoisotopic (exact) mass is 308 g/mol. The van der Waals surface area contributed by atoms with E-state index < -0.39 is 62.2 Å². The lowest BCUT2D eigenvalue weighted by Crippen LogP contribution is -2.61. The Balaban J connectivity index is 2.08. The highest BCUT2D eigenvalue weighted by Crippen LogP contribution is 2.26. The first-order valence-corrected chi connectivity index (χ1v) is 6.56. The van der Waals surface area contributed by atoms with Crippen LogP contribution in [0.5, 0.6) is 0 Å². The largest absolute Gasteiger partial charge is 0.493 e. The number of rotatable bonds is 4. The molecule has 2 heterocycles. The minimum atomic E-state index is -1.58. The van der Waals surface area contributed by atoms with Crippen LogP contribution in [0.3, 0.4) is 0 Å². The van der Waals surface area contributed by atoms with Crippen molar-refractivity contribution in [1.82, 2.24) is 0 Å². The third kappa shape index (κ3) is 3.35. The van der Waals surface area contributed by atoms with Crippen LogP contribution in [0.25, 0.3) is 0 Å². The van der Waals surface area contributed by atoms with E-state index in [-0.39, 0.29) is 0 Å². The van der Waals surface area contributed by atoms with Crippen LogP contribution >= 0.6 is 0 Å². The maximum absolute atomic E-state index is 9.85.